The minimum absolute atomic E-state index is 0.307. The fourth-order valence-corrected chi connectivity index (χ4v) is 1.71. The average molecular weight is 288 g/mol. The first-order chi connectivity index (χ1) is 7.54. The van der Waals surface area contributed by atoms with Gasteiger partial charge in [0.25, 0.3) is 0 Å². The van der Waals surface area contributed by atoms with Crippen molar-refractivity contribution in [1.29, 1.82) is 0 Å². The van der Waals surface area contributed by atoms with Gasteiger partial charge in [-0.25, -0.2) is 0 Å². The van der Waals surface area contributed by atoms with Crippen LogP contribution in [0.15, 0.2) is 16.6 Å². The molecule has 0 aliphatic heterocycles. The van der Waals surface area contributed by atoms with Crippen LogP contribution in [0.1, 0.15) is 11.1 Å². The van der Waals surface area contributed by atoms with E-state index in [2.05, 4.69) is 21.2 Å². The normalized spacial score (nSPS) is 12.6. The molecule has 0 heterocycles. The summed E-state index contributed by atoms with van der Waals surface area (Å²) >= 11 is 3.50. The SMILES string of the molecule is CNCC(O)COc1cc(C)c(Br)c(C)c1. The molecular weight excluding hydrogens is 270 g/mol. The van der Waals surface area contributed by atoms with E-state index in [-0.39, 0.29) is 0 Å². The monoisotopic (exact) mass is 287 g/mol. The first-order valence-electron chi connectivity index (χ1n) is 5.26. The number of nitrogens with one attached hydrogen (secondary N) is 1. The third kappa shape index (κ3) is 3.77. The molecule has 90 valence electrons. The number of benzene rings is 1. The van der Waals surface area contributed by atoms with Crippen molar-refractivity contribution in [2.45, 2.75) is 20.0 Å². The van der Waals surface area contributed by atoms with E-state index in [1.165, 1.54) is 0 Å². The van der Waals surface area contributed by atoms with Crippen LogP contribution in [0.25, 0.3) is 0 Å². The minimum Gasteiger partial charge on any atom is -0.491 e. The molecule has 0 bridgehead atoms. The molecule has 0 aliphatic rings. The van der Waals surface area contributed by atoms with Crippen LogP contribution >= 0.6 is 15.9 Å². The molecule has 1 aromatic carbocycles. The lowest BCUT2D eigenvalue weighted by atomic mass is 10.1. The van der Waals surface area contributed by atoms with Crippen molar-refractivity contribution >= 4 is 15.9 Å². The number of likely N-dealkylation sites (N-methyl/N-ethyl adjacent to an activating group) is 1. The van der Waals surface area contributed by atoms with Gasteiger partial charge >= 0.3 is 0 Å². The van der Waals surface area contributed by atoms with Crippen LogP contribution in [0.4, 0.5) is 0 Å². The number of rotatable bonds is 5. The summed E-state index contributed by atoms with van der Waals surface area (Å²) in [6.45, 7) is 4.89. The maximum Gasteiger partial charge on any atom is 0.120 e. The van der Waals surface area contributed by atoms with E-state index in [9.17, 15) is 5.11 Å². The summed E-state index contributed by atoms with van der Waals surface area (Å²) in [7, 11) is 1.80. The molecule has 2 N–H and O–H groups in total. The van der Waals surface area contributed by atoms with Gasteiger partial charge < -0.3 is 15.2 Å². The van der Waals surface area contributed by atoms with Crippen molar-refractivity contribution in [3.63, 3.8) is 0 Å². The second-order valence-electron chi connectivity index (χ2n) is 3.89. The smallest absolute Gasteiger partial charge is 0.120 e. The van der Waals surface area contributed by atoms with E-state index < -0.39 is 6.10 Å². The molecule has 0 radical (unpaired) electrons. The maximum absolute atomic E-state index is 9.51. The zero-order chi connectivity index (χ0) is 12.1. The number of aliphatic hydroxyl groups excluding tert-OH is 1. The van der Waals surface area contributed by atoms with Gasteiger partial charge in [-0.2, -0.15) is 0 Å². The van der Waals surface area contributed by atoms with Gasteiger partial charge in [0.15, 0.2) is 0 Å². The molecule has 0 saturated heterocycles. The fraction of sp³-hybridized carbons (Fsp3) is 0.500. The third-order valence-electron chi connectivity index (χ3n) is 2.29. The molecule has 1 atom stereocenters. The predicted molar refractivity (Wildman–Crippen MR) is 69.0 cm³/mol. The molecule has 0 spiro atoms. The fourth-order valence-electron chi connectivity index (χ4n) is 1.48. The largest absolute Gasteiger partial charge is 0.491 e. The molecule has 1 aromatic rings. The Hall–Kier alpha value is -0.580. The lowest BCUT2D eigenvalue weighted by Gasteiger charge is -2.13. The van der Waals surface area contributed by atoms with Crippen LogP contribution in [0, 0.1) is 13.8 Å². The number of hydrogen-bond donors (Lipinski definition) is 2. The standard InChI is InChI=1S/C12H18BrNO2/c1-8-4-11(5-9(2)12(8)13)16-7-10(15)6-14-3/h4-5,10,14-15H,6-7H2,1-3H3. The summed E-state index contributed by atoms with van der Waals surface area (Å²) in [5, 5.41) is 12.4. The van der Waals surface area contributed by atoms with Crippen LogP contribution in [-0.4, -0.2) is 31.4 Å². The Labute approximate surface area is 105 Å². The molecule has 1 unspecified atom stereocenters. The molecule has 0 aromatic heterocycles. The van der Waals surface area contributed by atoms with Crippen molar-refractivity contribution in [2.75, 3.05) is 20.2 Å². The number of halogens is 1. The first-order valence-corrected chi connectivity index (χ1v) is 6.06. The van der Waals surface area contributed by atoms with Crippen LogP contribution in [0.5, 0.6) is 5.75 Å². The van der Waals surface area contributed by atoms with Crippen LogP contribution in [0.2, 0.25) is 0 Å². The second kappa shape index (κ2) is 6.23. The van der Waals surface area contributed by atoms with Gasteiger partial charge in [0, 0.05) is 11.0 Å². The van der Waals surface area contributed by atoms with E-state index in [0.717, 1.165) is 21.3 Å². The molecule has 0 fully saturated rings. The van der Waals surface area contributed by atoms with Gasteiger partial charge in [-0.05, 0) is 44.2 Å². The van der Waals surface area contributed by atoms with Crippen molar-refractivity contribution in [1.82, 2.24) is 5.32 Å². The molecule has 0 amide bonds. The van der Waals surface area contributed by atoms with Gasteiger partial charge in [-0.1, -0.05) is 15.9 Å². The summed E-state index contributed by atoms with van der Waals surface area (Å²) in [5.41, 5.74) is 2.27. The van der Waals surface area contributed by atoms with Crippen molar-refractivity contribution in [3.8, 4) is 5.75 Å². The summed E-state index contributed by atoms with van der Waals surface area (Å²) in [6, 6.07) is 3.92. The Kier molecular flexibility index (Phi) is 5.25. The second-order valence-corrected chi connectivity index (χ2v) is 4.69. The molecule has 3 nitrogen and oxygen atoms in total. The number of aliphatic hydroxyl groups is 1. The van der Waals surface area contributed by atoms with Crippen LogP contribution in [-0.2, 0) is 0 Å². The van der Waals surface area contributed by atoms with Crippen LogP contribution < -0.4 is 10.1 Å². The highest BCUT2D eigenvalue weighted by Crippen LogP contribution is 2.26. The summed E-state index contributed by atoms with van der Waals surface area (Å²) in [4.78, 5) is 0. The molecule has 4 heteroatoms. The highest BCUT2D eigenvalue weighted by Gasteiger charge is 2.06. The van der Waals surface area contributed by atoms with E-state index in [0.29, 0.717) is 13.2 Å². The Morgan fingerprint density at radius 2 is 1.94 bits per heavy atom. The van der Waals surface area contributed by atoms with Crippen molar-refractivity contribution < 1.29 is 9.84 Å². The van der Waals surface area contributed by atoms with Gasteiger partial charge in [0.05, 0.1) is 0 Å². The molecule has 16 heavy (non-hydrogen) atoms. The highest BCUT2D eigenvalue weighted by atomic mass is 79.9. The van der Waals surface area contributed by atoms with Crippen molar-refractivity contribution in [2.24, 2.45) is 0 Å². The van der Waals surface area contributed by atoms with Gasteiger partial charge in [-0.15, -0.1) is 0 Å². The number of hydrogen-bond acceptors (Lipinski definition) is 3. The average Bonchev–Trinajstić information content (AvgIpc) is 2.23. The minimum atomic E-state index is -0.478. The quantitative estimate of drug-likeness (QED) is 0.871. The third-order valence-corrected chi connectivity index (χ3v) is 3.54. The van der Waals surface area contributed by atoms with Crippen LogP contribution in [0.3, 0.4) is 0 Å². The zero-order valence-electron chi connectivity index (χ0n) is 9.88. The van der Waals surface area contributed by atoms with Crippen molar-refractivity contribution in [3.05, 3.63) is 27.7 Å². The molecule has 0 saturated carbocycles. The molecular formula is C12H18BrNO2. The summed E-state index contributed by atoms with van der Waals surface area (Å²) in [5.74, 6) is 0.799. The van der Waals surface area contributed by atoms with E-state index in [1.807, 2.05) is 26.0 Å². The highest BCUT2D eigenvalue weighted by molar-refractivity contribution is 9.10. The zero-order valence-corrected chi connectivity index (χ0v) is 11.5. The lowest BCUT2D eigenvalue weighted by Crippen LogP contribution is -2.29. The first kappa shape index (κ1) is 13.5. The Morgan fingerprint density at radius 3 is 2.44 bits per heavy atom. The lowest BCUT2D eigenvalue weighted by molar-refractivity contribution is 0.108. The summed E-state index contributed by atoms with van der Waals surface area (Å²) < 4.78 is 6.63. The summed E-state index contributed by atoms with van der Waals surface area (Å²) in [6.07, 6.45) is -0.478. The topological polar surface area (TPSA) is 41.5 Å². The van der Waals surface area contributed by atoms with E-state index in [1.54, 1.807) is 7.05 Å². The molecule has 1 rings (SSSR count). The van der Waals surface area contributed by atoms with Gasteiger partial charge in [-0.3, -0.25) is 0 Å². The molecule has 0 aliphatic carbocycles. The van der Waals surface area contributed by atoms with Gasteiger partial charge in [0.1, 0.15) is 18.5 Å². The van der Waals surface area contributed by atoms with E-state index in [4.69, 9.17) is 4.74 Å². The Bertz CT molecular complexity index is 332. The predicted octanol–water partition coefficient (Wildman–Crippen LogP) is 2.03. The Morgan fingerprint density at radius 1 is 1.38 bits per heavy atom. The van der Waals surface area contributed by atoms with E-state index >= 15 is 0 Å². The maximum atomic E-state index is 9.51. The Balaban J connectivity index is 2.61. The number of ether oxygens (including phenoxy) is 1. The number of aryl methyl sites for hydroxylation is 2. The van der Waals surface area contributed by atoms with Gasteiger partial charge in [0.2, 0.25) is 0 Å².